The maximum absolute atomic E-state index is 12.1. The van der Waals surface area contributed by atoms with Gasteiger partial charge in [0.05, 0.1) is 28.8 Å². The van der Waals surface area contributed by atoms with Crippen LogP contribution >= 0.6 is 0 Å². The van der Waals surface area contributed by atoms with Gasteiger partial charge >= 0.3 is 0 Å². The van der Waals surface area contributed by atoms with E-state index < -0.39 is 0 Å². The predicted octanol–water partition coefficient (Wildman–Crippen LogP) is 4.54. The number of carbonyl (C=O) groups excluding carboxylic acids is 1. The van der Waals surface area contributed by atoms with Gasteiger partial charge in [0, 0.05) is 37.0 Å². The van der Waals surface area contributed by atoms with Crippen LogP contribution in [0.5, 0.6) is 0 Å². The molecule has 0 radical (unpaired) electrons. The van der Waals surface area contributed by atoms with Crippen molar-refractivity contribution in [2.24, 2.45) is 5.92 Å². The van der Waals surface area contributed by atoms with Crippen LogP contribution in [0.25, 0.3) is 45.0 Å². The number of imidazole rings is 1. The van der Waals surface area contributed by atoms with Crippen molar-refractivity contribution in [1.29, 1.82) is 0 Å². The molecule has 0 unspecified atom stereocenters. The minimum atomic E-state index is -0.120. The number of hydrogen-bond donors (Lipinski definition) is 3. The Morgan fingerprint density at radius 2 is 1.94 bits per heavy atom. The number of aromatic nitrogens is 7. The van der Waals surface area contributed by atoms with Crippen molar-refractivity contribution >= 4 is 39.5 Å². The molecule has 36 heavy (non-hydrogen) atoms. The number of fused-ring (bicyclic) bond motifs is 2. The summed E-state index contributed by atoms with van der Waals surface area (Å²) in [6.07, 6.45) is 8.84. The maximum atomic E-state index is 12.1. The molecule has 5 aromatic heterocycles. The van der Waals surface area contributed by atoms with Gasteiger partial charge in [0.15, 0.2) is 17.2 Å². The number of hydrogen-bond acceptors (Lipinski definition) is 7. The van der Waals surface area contributed by atoms with Crippen LogP contribution in [-0.2, 0) is 4.79 Å². The zero-order valence-electron chi connectivity index (χ0n) is 20.2. The summed E-state index contributed by atoms with van der Waals surface area (Å²) in [7, 11) is 0. The summed E-state index contributed by atoms with van der Waals surface area (Å²) in [6, 6.07) is 7.77. The van der Waals surface area contributed by atoms with E-state index in [0.717, 1.165) is 41.1 Å². The lowest BCUT2D eigenvalue weighted by Crippen LogP contribution is -2.29. The van der Waals surface area contributed by atoms with Gasteiger partial charge in [0.25, 0.3) is 0 Å². The molecule has 0 saturated carbocycles. The number of piperidine rings is 1. The number of rotatable bonds is 5. The Hall–Kier alpha value is -4.34. The molecule has 1 aliphatic rings. The van der Waals surface area contributed by atoms with Crippen molar-refractivity contribution in [3.05, 3.63) is 42.9 Å². The van der Waals surface area contributed by atoms with E-state index in [9.17, 15) is 4.79 Å². The molecule has 1 amide bonds. The Labute approximate surface area is 207 Å². The van der Waals surface area contributed by atoms with Crippen LogP contribution in [-0.4, -0.2) is 54.1 Å². The molecule has 10 nitrogen and oxygen atoms in total. The molecule has 10 heteroatoms. The van der Waals surface area contributed by atoms with Gasteiger partial charge in [-0.2, -0.15) is 5.10 Å². The van der Waals surface area contributed by atoms with Crippen LogP contribution in [0.4, 0.5) is 11.4 Å². The first-order chi connectivity index (χ1) is 17.6. The van der Waals surface area contributed by atoms with E-state index in [1.807, 2.05) is 44.3 Å². The SMILES string of the molecule is CC(C)C(=O)Nc1cncc(-c2ccc3[nH]nc(-c4nc5nccc(N6CCCCC6)c5[nH]4)c3n2)c1. The van der Waals surface area contributed by atoms with Crippen LogP contribution < -0.4 is 10.2 Å². The minimum Gasteiger partial charge on any atom is -0.370 e. The number of amides is 1. The van der Waals surface area contributed by atoms with Crippen LogP contribution in [0.15, 0.2) is 42.9 Å². The second-order valence-electron chi connectivity index (χ2n) is 9.43. The first kappa shape index (κ1) is 22.1. The summed E-state index contributed by atoms with van der Waals surface area (Å²) in [6.45, 7) is 5.78. The summed E-state index contributed by atoms with van der Waals surface area (Å²) in [5, 5.41) is 10.5. The molecule has 0 aromatic carbocycles. The summed E-state index contributed by atoms with van der Waals surface area (Å²) in [5.41, 5.74) is 6.99. The molecule has 1 aliphatic heterocycles. The highest BCUT2D eigenvalue weighted by Gasteiger charge is 2.20. The van der Waals surface area contributed by atoms with Gasteiger partial charge in [-0.3, -0.25) is 14.9 Å². The molecule has 3 N–H and O–H groups in total. The van der Waals surface area contributed by atoms with Gasteiger partial charge in [-0.15, -0.1) is 0 Å². The summed E-state index contributed by atoms with van der Waals surface area (Å²) >= 11 is 0. The van der Waals surface area contributed by atoms with E-state index in [-0.39, 0.29) is 11.8 Å². The molecule has 1 saturated heterocycles. The maximum Gasteiger partial charge on any atom is 0.226 e. The summed E-state index contributed by atoms with van der Waals surface area (Å²) in [4.78, 5) is 36.4. The second kappa shape index (κ2) is 9.03. The van der Waals surface area contributed by atoms with Gasteiger partial charge in [-0.25, -0.2) is 15.0 Å². The molecule has 1 fully saturated rings. The molecule has 0 bridgehead atoms. The topological polar surface area (TPSA) is 128 Å². The van der Waals surface area contributed by atoms with E-state index in [4.69, 9.17) is 9.97 Å². The second-order valence-corrected chi connectivity index (χ2v) is 9.43. The molecule has 0 spiro atoms. The van der Waals surface area contributed by atoms with Crippen LogP contribution in [0.3, 0.4) is 0 Å². The number of aromatic amines is 2. The van der Waals surface area contributed by atoms with Gasteiger partial charge in [-0.05, 0) is 43.5 Å². The molecule has 0 atom stereocenters. The largest absolute Gasteiger partial charge is 0.370 e. The molecular formula is C26H27N9O. The molecule has 6 heterocycles. The van der Waals surface area contributed by atoms with Crippen LogP contribution in [0, 0.1) is 5.92 Å². The molecule has 5 aromatic rings. The third-order valence-electron chi connectivity index (χ3n) is 6.52. The van der Waals surface area contributed by atoms with Crippen molar-refractivity contribution in [3.8, 4) is 22.8 Å². The van der Waals surface area contributed by atoms with E-state index in [1.165, 1.54) is 19.3 Å². The van der Waals surface area contributed by atoms with Crippen molar-refractivity contribution < 1.29 is 4.79 Å². The Morgan fingerprint density at radius 3 is 2.78 bits per heavy atom. The van der Waals surface area contributed by atoms with Gasteiger partial charge < -0.3 is 15.2 Å². The fourth-order valence-corrected chi connectivity index (χ4v) is 4.57. The number of nitrogens with one attached hydrogen (secondary N) is 3. The minimum absolute atomic E-state index is 0.0584. The third-order valence-corrected chi connectivity index (χ3v) is 6.52. The monoisotopic (exact) mass is 481 g/mol. The fourth-order valence-electron chi connectivity index (χ4n) is 4.57. The Bertz CT molecular complexity index is 1560. The van der Waals surface area contributed by atoms with E-state index in [2.05, 4.69) is 35.4 Å². The number of H-pyrrole nitrogens is 2. The van der Waals surface area contributed by atoms with Crippen molar-refractivity contribution in [1.82, 2.24) is 35.1 Å². The average molecular weight is 482 g/mol. The molecule has 6 rings (SSSR count). The van der Waals surface area contributed by atoms with E-state index in [0.29, 0.717) is 28.4 Å². The van der Waals surface area contributed by atoms with Crippen LogP contribution in [0.2, 0.25) is 0 Å². The normalized spacial score (nSPS) is 14.1. The van der Waals surface area contributed by atoms with Gasteiger partial charge in [-0.1, -0.05) is 13.8 Å². The van der Waals surface area contributed by atoms with E-state index in [1.54, 1.807) is 12.4 Å². The highest BCUT2D eigenvalue weighted by Crippen LogP contribution is 2.31. The Kier molecular flexibility index (Phi) is 5.55. The smallest absolute Gasteiger partial charge is 0.226 e. The average Bonchev–Trinajstić information content (AvgIpc) is 3.53. The van der Waals surface area contributed by atoms with Gasteiger partial charge in [0.1, 0.15) is 11.0 Å². The lowest BCUT2D eigenvalue weighted by molar-refractivity contribution is -0.118. The van der Waals surface area contributed by atoms with Crippen molar-refractivity contribution in [2.45, 2.75) is 33.1 Å². The first-order valence-corrected chi connectivity index (χ1v) is 12.3. The highest BCUT2D eigenvalue weighted by atomic mass is 16.1. The fraction of sp³-hybridized carbons (Fsp3) is 0.308. The zero-order valence-corrected chi connectivity index (χ0v) is 20.2. The van der Waals surface area contributed by atoms with Crippen LogP contribution in [0.1, 0.15) is 33.1 Å². The Balaban J connectivity index is 1.38. The number of carbonyl (C=O) groups is 1. The first-order valence-electron chi connectivity index (χ1n) is 12.3. The highest BCUT2D eigenvalue weighted by molar-refractivity contribution is 5.94. The quantitative estimate of drug-likeness (QED) is 0.336. The molecular weight excluding hydrogens is 454 g/mol. The Morgan fingerprint density at radius 1 is 1.08 bits per heavy atom. The molecule has 0 aliphatic carbocycles. The summed E-state index contributed by atoms with van der Waals surface area (Å²) < 4.78 is 0. The number of pyridine rings is 3. The predicted molar refractivity (Wildman–Crippen MR) is 140 cm³/mol. The number of anilines is 2. The van der Waals surface area contributed by atoms with Gasteiger partial charge in [0.2, 0.25) is 5.91 Å². The molecule has 182 valence electrons. The third kappa shape index (κ3) is 4.04. The zero-order chi connectivity index (χ0) is 24.6. The van der Waals surface area contributed by atoms with E-state index >= 15 is 0 Å². The number of nitrogens with zero attached hydrogens (tertiary/aromatic N) is 6. The van der Waals surface area contributed by atoms with Crippen molar-refractivity contribution in [3.63, 3.8) is 0 Å². The lowest BCUT2D eigenvalue weighted by Gasteiger charge is -2.28. The summed E-state index contributed by atoms with van der Waals surface area (Å²) in [5.74, 6) is 0.441. The lowest BCUT2D eigenvalue weighted by atomic mass is 10.1. The standard InChI is InChI=1S/C26H27N9O/c1-15(2)26(36)29-17-12-16(13-27-14-17)18-6-7-19-21(30-18)23(34-33-19)25-31-22-20(8-9-28-24(22)32-25)35-10-4-3-5-11-35/h6-9,12-15H,3-5,10-11H2,1-2H3,(H,29,36)(H,33,34)(H,28,31,32). The van der Waals surface area contributed by atoms with Crippen molar-refractivity contribution in [2.75, 3.05) is 23.3 Å².